The largest absolute Gasteiger partial charge is 0.458 e. The second-order valence-electron chi connectivity index (χ2n) is 17.1. The maximum absolute atomic E-state index is 13.8. The first-order valence-corrected chi connectivity index (χ1v) is 16.3. The van der Waals surface area contributed by atoms with Crippen LogP contribution in [0.2, 0.25) is 0 Å². The van der Waals surface area contributed by atoms with E-state index in [1.54, 1.807) is 0 Å². The van der Waals surface area contributed by atoms with Gasteiger partial charge in [0.25, 0.3) is 0 Å². The van der Waals surface area contributed by atoms with Gasteiger partial charge in [0.15, 0.2) is 0 Å². The number of benzene rings is 1. The number of fused-ring (bicyclic) bond motifs is 4. The van der Waals surface area contributed by atoms with Crippen molar-refractivity contribution in [1.82, 2.24) is 0 Å². The zero-order chi connectivity index (χ0) is 29.3. The van der Waals surface area contributed by atoms with E-state index in [1.165, 1.54) is 0 Å². The van der Waals surface area contributed by atoms with Crippen LogP contribution in [0.4, 0.5) is 0 Å². The molecule has 5 fully saturated rings. The molecule has 2 bridgehead atoms. The summed E-state index contributed by atoms with van der Waals surface area (Å²) in [5.41, 5.74) is -0.00203. The summed E-state index contributed by atoms with van der Waals surface area (Å²) in [6.45, 7) is 17.0. The Labute approximate surface area is 247 Å². The van der Waals surface area contributed by atoms with Crippen molar-refractivity contribution in [2.75, 3.05) is 0 Å². The Kier molecular flexibility index (Phi) is 5.60. The van der Waals surface area contributed by atoms with Gasteiger partial charge in [-0.15, -0.1) is 0 Å². The number of hydrogen-bond acceptors (Lipinski definition) is 4. The van der Waals surface area contributed by atoms with Crippen LogP contribution < -0.4 is 0 Å². The van der Waals surface area contributed by atoms with Crippen LogP contribution in [-0.4, -0.2) is 23.6 Å². The summed E-state index contributed by atoms with van der Waals surface area (Å²) in [4.78, 5) is 26.9. The zero-order valence-corrected chi connectivity index (χ0v) is 26.3. The highest BCUT2D eigenvalue weighted by Crippen LogP contribution is 2.79. The Hall–Kier alpha value is -2.10. The minimum Gasteiger partial charge on any atom is -0.458 e. The maximum Gasteiger partial charge on any atom is 0.338 e. The number of allylic oxidation sites excluding steroid dienone is 1. The summed E-state index contributed by atoms with van der Waals surface area (Å²) in [5, 5.41) is 0. The van der Waals surface area contributed by atoms with Gasteiger partial charge in [-0.05, 0) is 104 Å². The molecule has 4 heteroatoms. The lowest BCUT2D eigenvalue weighted by molar-refractivity contribution is -0.242. The molecule has 41 heavy (non-hydrogen) atoms. The number of ether oxygens (including phenoxy) is 2. The number of hydrogen-bond donors (Lipinski definition) is 0. The molecule has 0 radical (unpaired) electrons. The van der Waals surface area contributed by atoms with E-state index < -0.39 is 5.60 Å². The predicted octanol–water partition coefficient (Wildman–Crippen LogP) is 8.55. The van der Waals surface area contributed by atoms with E-state index in [2.05, 4.69) is 60.6 Å². The van der Waals surface area contributed by atoms with Gasteiger partial charge < -0.3 is 9.47 Å². The average Bonchev–Trinajstić information content (AvgIpc) is 3.09. The topological polar surface area (TPSA) is 52.6 Å². The molecule has 4 nitrogen and oxygen atoms in total. The highest BCUT2D eigenvalue weighted by molar-refractivity contribution is 5.89. The van der Waals surface area contributed by atoms with Crippen molar-refractivity contribution in [3.63, 3.8) is 0 Å². The molecule has 7 rings (SSSR count). The van der Waals surface area contributed by atoms with Crippen molar-refractivity contribution in [1.29, 1.82) is 0 Å². The van der Waals surface area contributed by atoms with Crippen LogP contribution >= 0.6 is 0 Å². The van der Waals surface area contributed by atoms with Crippen LogP contribution in [0.15, 0.2) is 42.5 Å². The molecular weight excluding hydrogens is 508 g/mol. The standard InChI is InChI=1S/C37H50O4/c1-31(2)19-21-36-22-20-35(7)34(6)17-13-25-32(3,4)28(40-29(38)24-11-9-8-10-12-24)15-16-33(25,5)26(34)14-18-37(35,27(36)23-31)41-30(36)39/h8-12,14,18,25-28H,13,15-17,19-23H2,1-7H3/t25-,26+,27+,28-,33-,34+,35-,36-,37-/m0/s1. The first-order valence-electron chi connectivity index (χ1n) is 16.3. The monoisotopic (exact) mass is 558 g/mol. The minimum atomic E-state index is -0.494. The molecular formula is C37H50O4. The van der Waals surface area contributed by atoms with Crippen molar-refractivity contribution in [2.45, 2.75) is 118 Å². The fraction of sp³-hybridized carbons (Fsp3) is 0.730. The van der Waals surface area contributed by atoms with Crippen molar-refractivity contribution < 1.29 is 19.1 Å². The second kappa shape index (κ2) is 8.29. The van der Waals surface area contributed by atoms with Gasteiger partial charge in [-0.25, -0.2) is 4.79 Å². The van der Waals surface area contributed by atoms with Crippen LogP contribution in [0.3, 0.4) is 0 Å². The minimum absolute atomic E-state index is 0.0367. The smallest absolute Gasteiger partial charge is 0.338 e. The fourth-order valence-electron chi connectivity index (χ4n) is 12.1. The summed E-state index contributed by atoms with van der Waals surface area (Å²) in [6.07, 6.45) is 14.2. The van der Waals surface area contributed by atoms with E-state index in [1.807, 2.05) is 30.3 Å². The summed E-state index contributed by atoms with van der Waals surface area (Å²) in [5.74, 6) is 1.01. The molecule has 1 aromatic carbocycles. The molecule has 9 atom stereocenters. The summed E-state index contributed by atoms with van der Waals surface area (Å²) < 4.78 is 13.0. The molecule has 1 saturated heterocycles. The van der Waals surface area contributed by atoms with E-state index >= 15 is 0 Å². The van der Waals surface area contributed by atoms with E-state index in [4.69, 9.17) is 9.47 Å². The highest BCUT2D eigenvalue weighted by atomic mass is 16.6. The summed E-state index contributed by atoms with van der Waals surface area (Å²) in [6, 6.07) is 9.42. The first kappa shape index (κ1) is 27.7. The van der Waals surface area contributed by atoms with Gasteiger partial charge in [0.1, 0.15) is 11.7 Å². The third-order valence-corrected chi connectivity index (χ3v) is 14.7. The van der Waals surface area contributed by atoms with Crippen LogP contribution in [0.1, 0.15) is 117 Å². The summed E-state index contributed by atoms with van der Waals surface area (Å²) in [7, 11) is 0. The number of rotatable bonds is 2. The molecule has 0 N–H and O–H groups in total. The van der Waals surface area contributed by atoms with Gasteiger partial charge in [0, 0.05) is 16.7 Å². The quantitative estimate of drug-likeness (QED) is 0.270. The van der Waals surface area contributed by atoms with Gasteiger partial charge in [0.2, 0.25) is 0 Å². The lowest BCUT2D eigenvalue weighted by atomic mass is 9.32. The molecule has 0 amide bonds. The van der Waals surface area contributed by atoms with E-state index in [0.29, 0.717) is 17.4 Å². The van der Waals surface area contributed by atoms with Gasteiger partial charge in [-0.2, -0.15) is 0 Å². The van der Waals surface area contributed by atoms with E-state index in [-0.39, 0.29) is 56.5 Å². The Morgan fingerprint density at radius 1 is 0.854 bits per heavy atom. The number of carbonyl (C=O) groups excluding carboxylic acids is 2. The molecule has 1 aromatic rings. The van der Waals surface area contributed by atoms with Crippen LogP contribution in [0.5, 0.6) is 0 Å². The zero-order valence-electron chi connectivity index (χ0n) is 26.3. The van der Waals surface area contributed by atoms with Gasteiger partial charge in [-0.3, -0.25) is 4.79 Å². The molecule has 6 aliphatic rings. The molecule has 1 heterocycles. The first-order chi connectivity index (χ1) is 19.2. The molecule has 1 spiro atoms. The van der Waals surface area contributed by atoms with E-state index in [9.17, 15) is 9.59 Å². The average molecular weight is 559 g/mol. The van der Waals surface area contributed by atoms with Crippen LogP contribution in [0.25, 0.3) is 0 Å². The SMILES string of the molecule is CC1(C)CC[C@@]23CC[C@]4(C)[C@@](C=C[C@@H]5[C@@]6(C)CC[C@H](OC(=O)c7ccccc7)C(C)(C)[C@@H]6CC[C@]54C)(OC2=O)[C@@H]3C1. The maximum atomic E-state index is 13.8. The second-order valence-corrected chi connectivity index (χ2v) is 17.1. The third-order valence-electron chi connectivity index (χ3n) is 14.7. The lowest BCUT2D eigenvalue weighted by Crippen LogP contribution is -2.70. The lowest BCUT2D eigenvalue weighted by Gasteiger charge is -2.72. The van der Waals surface area contributed by atoms with Crippen LogP contribution in [-0.2, 0) is 14.3 Å². The Balaban J connectivity index is 1.24. The molecule has 222 valence electrons. The van der Waals surface area contributed by atoms with E-state index in [0.717, 1.165) is 57.8 Å². The molecule has 0 unspecified atom stereocenters. The highest BCUT2D eigenvalue weighted by Gasteiger charge is 2.80. The van der Waals surface area contributed by atoms with Gasteiger partial charge >= 0.3 is 11.9 Å². The van der Waals surface area contributed by atoms with Gasteiger partial charge in [0.05, 0.1) is 11.0 Å². The molecule has 5 aliphatic carbocycles. The number of carbonyl (C=O) groups is 2. The van der Waals surface area contributed by atoms with Crippen molar-refractivity contribution >= 4 is 11.9 Å². The Morgan fingerprint density at radius 2 is 1.56 bits per heavy atom. The molecule has 1 aliphatic heterocycles. The Morgan fingerprint density at radius 3 is 2.29 bits per heavy atom. The van der Waals surface area contributed by atoms with Gasteiger partial charge in [-0.1, -0.05) is 72.7 Å². The van der Waals surface area contributed by atoms with Crippen LogP contribution in [0, 0.1) is 50.2 Å². The predicted molar refractivity (Wildman–Crippen MR) is 160 cm³/mol. The summed E-state index contributed by atoms with van der Waals surface area (Å²) >= 11 is 0. The Bertz CT molecular complexity index is 1310. The normalized spacial score (nSPS) is 48.6. The van der Waals surface area contributed by atoms with Crippen molar-refractivity contribution in [2.24, 2.45) is 50.2 Å². The molecule has 4 saturated carbocycles. The fourth-order valence-corrected chi connectivity index (χ4v) is 12.1. The van der Waals surface area contributed by atoms with Crippen molar-refractivity contribution in [3.05, 3.63) is 48.0 Å². The number of esters is 2. The third kappa shape index (κ3) is 3.29. The molecule has 0 aromatic heterocycles. The van der Waals surface area contributed by atoms with Crippen molar-refractivity contribution in [3.8, 4) is 0 Å².